The Balaban J connectivity index is 0.00000161. The maximum Gasteiger partial charge on any atom is 0.117 e. The van der Waals surface area contributed by atoms with Gasteiger partial charge in [0.2, 0.25) is 0 Å². The van der Waals surface area contributed by atoms with Crippen LogP contribution in [0.3, 0.4) is 0 Å². The van der Waals surface area contributed by atoms with Gasteiger partial charge < -0.3 is 15.6 Å². The van der Waals surface area contributed by atoms with E-state index in [4.69, 9.17) is 10.5 Å². The summed E-state index contributed by atoms with van der Waals surface area (Å²) in [5, 5.41) is 9.53. The Hall–Kier alpha value is -1.54. The molecule has 0 bridgehead atoms. The minimum Gasteiger partial charge on any atom is -0.698 e. The average Bonchev–Trinajstić information content (AvgIpc) is 2.46. The summed E-state index contributed by atoms with van der Waals surface area (Å²) < 4.78 is 5.16. The van der Waals surface area contributed by atoms with Gasteiger partial charge in [-0.25, -0.2) is 0 Å². The van der Waals surface area contributed by atoms with Crippen LogP contribution in [0.25, 0.3) is 5.73 Å². The fourth-order valence-electron chi connectivity index (χ4n) is 3.03. The van der Waals surface area contributed by atoms with Crippen LogP contribution in [0.15, 0.2) is 36.4 Å². The van der Waals surface area contributed by atoms with Gasteiger partial charge in [-0.3, -0.25) is 0 Å². The molecule has 0 saturated heterocycles. The third kappa shape index (κ3) is 3.21. The molecule has 1 atom stereocenters. The minimum atomic E-state index is 0. The fraction of sp³-hybridized carbons (Fsp3) is 0.294. The molecule has 1 radical (unpaired) electrons. The van der Waals surface area contributed by atoms with Crippen molar-refractivity contribution in [3.05, 3.63) is 58.8 Å². The number of nitrogens with one attached hydrogen (secondary N) is 1. The number of ether oxygens (including phenoxy) is 1. The zero-order chi connectivity index (χ0) is 14.1. The molecule has 0 fully saturated rings. The first kappa shape index (κ1) is 15.8. The number of fused-ring (bicyclic) bond motifs is 1. The van der Waals surface area contributed by atoms with Gasteiger partial charge in [-0.15, -0.1) is 5.69 Å². The summed E-state index contributed by atoms with van der Waals surface area (Å²) >= 11 is 0. The van der Waals surface area contributed by atoms with E-state index in [1.54, 1.807) is 19.2 Å². The van der Waals surface area contributed by atoms with E-state index in [9.17, 15) is 5.11 Å². The van der Waals surface area contributed by atoms with Gasteiger partial charge in [0.25, 0.3) is 0 Å². The van der Waals surface area contributed by atoms with Crippen molar-refractivity contribution in [3.63, 3.8) is 0 Å². The second kappa shape index (κ2) is 6.49. The number of phenols is 1. The number of hydrogen-bond acceptors (Lipinski definition) is 2. The van der Waals surface area contributed by atoms with Crippen molar-refractivity contribution < 1.29 is 29.3 Å². The maximum atomic E-state index is 9.53. The summed E-state index contributed by atoms with van der Waals surface area (Å²) in [7, 11) is 1.62. The Bertz CT molecular complexity index is 643. The number of aryl methyl sites for hydroxylation is 1. The molecule has 3 nitrogen and oxygen atoms in total. The smallest absolute Gasteiger partial charge is 0.117 e. The van der Waals surface area contributed by atoms with Crippen LogP contribution in [0.2, 0.25) is 0 Å². The quantitative estimate of drug-likeness (QED) is 0.798. The maximum absolute atomic E-state index is 9.53. The van der Waals surface area contributed by atoms with Crippen molar-refractivity contribution in [3.8, 4) is 11.5 Å². The van der Waals surface area contributed by atoms with E-state index in [0.29, 0.717) is 17.4 Å². The zero-order valence-corrected chi connectivity index (χ0v) is 13.5. The summed E-state index contributed by atoms with van der Waals surface area (Å²) in [4.78, 5) is 0. The van der Waals surface area contributed by atoms with Crippen LogP contribution in [0.1, 0.15) is 29.0 Å². The van der Waals surface area contributed by atoms with Gasteiger partial charge in [0.15, 0.2) is 0 Å². The van der Waals surface area contributed by atoms with E-state index in [1.165, 1.54) is 11.1 Å². The average molecular weight is 371 g/mol. The zero-order valence-electron chi connectivity index (χ0n) is 11.9. The standard InChI is InChI=1S/C17H18NO2.Rh/c1-20-15-6-7-16(17(18)10-15)13-3-2-12-9-14(19)5-4-11(12)8-13;/h4-7,9-10,13,18-19H,2-3,8H2,1H3;/q-1;/t13-;/m1./s1. The Kier molecular flexibility index (Phi) is 4.89. The first-order valence-electron chi connectivity index (χ1n) is 6.87. The summed E-state index contributed by atoms with van der Waals surface area (Å²) in [6.07, 6.45) is 2.92. The van der Waals surface area contributed by atoms with Crippen LogP contribution in [-0.4, -0.2) is 12.2 Å². The van der Waals surface area contributed by atoms with Gasteiger partial charge in [0.05, 0.1) is 7.11 Å². The van der Waals surface area contributed by atoms with Crippen molar-refractivity contribution in [2.24, 2.45) is 0 Å². The summed E-state index contributed by atoms with van der Waals surface area (Å²) in [6, 6.07) is 11.3. The Morgan fingerprint density at radius 2 is 1.95 bits per heavy atom. The van der Waals surface area contributed by atoms with Gasteiger partial charge in [-0.1, -0.05) is 17.7 Å². The summed E-state index contributed by atoms with van der Waals surface area (Å²) in [5.74, 6) is 1.46. The van der Waals surface area contributed by atoms with E-state index >= 15 is 0 Å². The van der Waals surface area contributed by atoms with Crippen LogP contribution in [-0.2, 0) is 32.3 Å². The van der Waals surface area contributed by atoms with Gasteiger partial charge in [-0.05, 0) is 60.6 Å². The first-order valence-corrected chi connectivity index (χ1v) is 6.87. The van der Waals surface area contributed by atoms with Gasteiger partial charge in [0, 0.05) is 19.5 Å². The van der Waals surface area contributed by atoms with Crippen LogP contribution in [0.4, 0.5) is 5.69 Å². The van der Waals surface area contributed by atoms with Crippen molar-refractivity contribution >= 4 is 5.69 Å². The molecule has 0 aromatic heterocycles. The number of rotatable bonds is 2. The van der Waals surface area contributed by atoms with Crippen LogP contribution in [0.5, 0.6) is 11.5 Å². The molecule has 0 saturated carbocycles. The van der Waals surface area contributed by atoms with E-state index in [2.05, 4.69) is 0 Å². The number of methoxy groups -OCH3 is 1. The molecule has 0 unspecified atom stereocenters. The molecule has 2 aromatic carbocycles. The predicted octanol–water partition coefficient (Wildman–Crippen LogP) is 4.35. The largest absolute Gasteiger partial charge is 0.698 e. The Morgan fingerprint density at radius 3 is 2.67 bits per heavy atom. The van der Waals surface area contributed by atoms with Gasteiger partial charge in [0.1, 0.15) is 11.5 Å². The van der Waals surface area contributed by atoms with E-state index < -0.39 is 0 Å². The SMILES string of the molecule is COc1ccc([C@@H]2CCc3cc(O)ccc3C2)c([NH-])c1.[Rh]. The molecular weight excluding hydrogens is 353 g/mol. The third-order valence-corrected chi connectivity index (χ3v) is 4.12. The Labute approximate surface area is 137 Å². The summed E-state index contributed by atoms with van der Waals surface area (Å²) in [5.41, 5.74) is 12.3. The van der Waals surface area contributed by atoms with E-state index in [-0.39, 0.29) is 19.5 Å². The predicted molar refractivity (Wildman–Crippen MR) is 79.8 cm³/mol. The van der Waals surface area contributed by atoms with E-state index in [0.717, 1.165) is 30.6 Å². The monoisotopic (exact) mass is 371 g/mol. The molecule has 21 heavy (non-hydrogen) atoms. The van der Waals surface area contributed by atoms with Crippen molar-refractivity contribution in [2.75, 3.05) is 7.11 Å². The molecule has 1 aliphatic rings. The first-order chi connectivity index (χ1) is 9.67. The normalized spacial score (nSPS) is 16.7. The van der Waals surface area contributed by atoms with Crippen LogP contribution < -0.4 is 4.74 Å². The molecule has 3 rings (SSSR count). The molecule has 0 aliphatic heterocycles. The van der Waals surface area contributed by atoms with E-state index in [1.807, 2.05) is 24.3 Å². The second-order valence-corrected chi connectivity index (χ2v) is 5.35. The van der Waals surface area contributed by atoms with Crippen molar-refractivity contribution in [2.45, 2.75) is 25.2 Å². The molecule has 2 N–H and O–H groups in total. The molecule has 0 amide bonds. The topological polar surface area (TPSA) is 53.3 Å². The molecule has 113 valence electrons. The van der Waals surface area contributed by atoms with Crippen LogP contribution >= 0.6 is 0 Å². The number of phenolic OH excluding ortho intramolecular Hbond substituents is 1. The number of benzene rings is 2. The summed E-state index contributed by atoms with van der Waals surface area (Å²) in [6.45, 7) is 0. The molecule has 2 aromatic rings. The second-order valence-electron chi connectivity index (χ2n) is 5.35. The number of hydrogen-bond donors (Lipinski definition) is 1. The van der Waals surface area contributed by atoms with Crippen molar-refractivity contribution in [1.82, 2.24) is 0 Å². The van der Waals surface area contributed by atoms with Gasteiger partial charge in [-0.2, -0.15) is 0 Å². The number of aromatic hydroxyl groups is 1. The molecular formula is C17H18NO2Rh-. The fourth-order valence-corrected chi connectivity index (χ4v) is 3.03. The third-order valence-electron chi connectivity index (χ3n) is 4.12. The molecule has 1 aliphatic carbocycles. The van der Waals surface area contributed by atoms with Crippen molar-refractivity contribution in [1.29, 1.82) is 0 Å². The molecule has 0 spiro atoms. The molecule has 4 heteroatoms. The molecule has 0 heterocycles. The Morgan fingerprint density at radius 1 is 1.14 bits per heavy atom. The van der Waals surface area contributed by atoms with Crippen LogP contribution in [0, 0.1) is 0 Å². The van der Waals surface area contributed by atoms with Gasteiger partial charge >= 0.3 is 0 Å². The minimum absolute atomic E-state index is 0.